The van der Waals surface area contributed by atoms with Crippen LogP contribution in [0.1, 0.15) is 155 Å². The van der Waals surface area contributed by atoms with Crippen LogP contribution >= 0.6 is 0 Å². The van der Waals surface area contributed by atoms with E-state index in [1.54, 1.807) is 0 Å². The van der Waals surface area contributed by atoms with Crippen molar-refractivity contribution in [2.24, 2.45) is 5.92 Å². The van der Waals surface area contributed by atoms with Crippen molar-refractivity contribution in [3.63, 3.8) is 0 Å². The summed E-state index contributed by atoms with van der Waals surface area (Å²) in [6.07, 6.45) is 34.2. The van der Waals surface area contributed by atoms with Gasteiger partial charge in [0.15, 0.2) is 0 Å². The molecular formula is C32H58O4. The van der Waals surface area contributed by atoms with Crippen LogP contribution < -0.4 is 0 Å². The quantitative estimate of drug-likeness (QED) is 0.0651. The number of hydrogen-bond acceptors (Lipinski definition) is 3. The molecule has 0 aromatic rings. The monoisotopic (exact) mass is 506 g/mol. The number of ether oxygens (including phenoxy) is 1. The highest BCUT2D eigenvalue weighted by Crippen LogP contribution is 2.18. The second-order valence-electron chi connectivity index (χ2n) is 10.4. The number of carboxylic acid groups (broad SMARTS) is 1. The summed E-state index contributed by atoms with van der Waals surface area (Å²) < 4.78 is 5.03. The summed E-state index contributed by atoms with van der Waals surface area (Å²) in [5.41, 5.74) is 0. The van der Waals surface area contributed by atoms with Gasteiger partial charge in [-0.1, -0.05) is 141 Å². The molecule has 0 radical (unpaired) electrons. The van der Waals surface area contributed by atoms with Gasteiger partial charge in [-0.05, 0) is 32.1 Å². The lowest BCUT2D eigenvalue weighted by Crippen LogP contribution is -2.21. The standard InChI is InChI=1S/C32H58O4/c1-3-5-6-7-8-9-10-11-12-13-14-15-16-17-18-19-20-21-22-23-24-25-26-27-30(29-31(33)34)32(35)36-28-4-2/h4,18-19,30H,2-3,5-17,20-29H2,1H3,(H,33,34)/b19-18+. The molecule has 36 heavy (non-hydrogen) atoms. The van der Waals surface area contributed by atoms with Crippen LogP contribution in [-0.2, 0) is 14.3 Å². The Bertz CT molecular complexity index is 540. The summed E-state index contributed by atoms with van der Waals surface area (Å²) in [5.74, 6) is -1.90. The van der Waals surface area contributed by atoms with E-state index in [1.165, 1.54) is 122 Å². The first-order chi connectivity index (χ1) is 17.6. The Morgan fingerprint density at radius 2 is 1.11 bits per heavy atom. The minimum Gasteiger partial charge on any atom is -0.481 e. The highest BCUT2D eigenvalue weighted by Gasteiger charge is 2.22. The number of hydrogen-bond donors (Lipinski definition) is 1. The molecule has 1 atom stereocenters. The van der Waals surface area contributed by atoms with Crippen LogP contribution in [0.3, 0.4) is 0 Å². The van der Waals surface area contributed by atoms with Gasteiger partial charge in [0.25, 0.3) is 0 Å². The van der Waals surface area contributed by atoms with Crippen molar-refractivity contribution in [1.82, 2.24) is 0 Å². The maximum atomic E-state index is 12.0. The van der Waals surface area contributed by atoms with Crippen LogP contribution in [-0.4, -0.2) is 23.7 Å². The van der Waals surface area contributed by atoms with Gasteiger partial charge >= 0.3 is 11.9 Å². The predicted molar refractivity (Wildman–Crippen MR) is 153 cm³/mol. The van der Waals surface area contributed by atoms with Gasteiger partial charge in [0.1, 0.15) is 6.61 Å². The molecule has 0 bridgehead atoms. The van der Waals surface area contributed by atoms with Crippen LogP contribution in [0.2, 0.25) is 0 Å². The van der Waals surface area contributed by atoms with Gasteiger partial charge in [-0.2, -0.15) is 0 Å². The Balaban J connectivity index is 3.42. The molecule has 0 saturated heterocycles. The van der Waals surface area contributed by atoms with Gasteiger partial charge < -0.3 is 9.84 Å². The molecule has 0 aliphatic carbocycles. The smallest absolute Gasteiger partial charge is 0.309 e. The van der Waals surface area contributed by atoms with Gasteiger partial charge in [-0.3, -0.25) is 9.59 Å². The first-order valence-electron chi connectivity index (χ1n) is 15.3. The molecule has 1 unspecified atom stereocenters. The third-order valence-corrected chi connectivity index (χ3v) is 6.91. The zero-order chi connectivity index (χ0) is 26.5. The molecule has 0 rings (SSSR count). The molecule has 0 aliphatic rings. The predicted octanol–water partition coefficient (Wildman–Crippen LogP) is 9.96. The zero-order valence-electron chi connectivity index (χ0n) is 23.7. The van der Waals surface area contributed by atoms with Gasteiger partial charge in [0, 0.05) is 0 Å². The Labute approximate surface area is 223 Å². The molecule has 0 fully saturated rings. The topological polar surface area (TPSA) is 63.6 Å². The van der Waals surface area contributed by atoms with Crippen LogP contribution in [0, 0.1) is 5.92 Å². The minimum absolute atomic E-state index is 0.142. The lowest BCUT2D eigenvalue weighted by atomic mass is 9.97. The number of rotatable bonds is 28. The SMILES string of the molecule is C=CCOC(=O)C(CCCCCCCC/C=C/CCCCCCCCCCCCCCC)CC(=O)O. The van der Waals surface area contributed by atoms with Crippen LogP contribution in [0.4, 0.5) is 0 Å². The van der Waals surface area contributed by atoms with Crippen molar-refractivity contribution >= 4 is 11.9 Å². The average molecular weight is 507 g/mol. The third kappa shape index (κ3) is 25.5. The van der Waals surface area contributed by atoms with E-state index in [0.717, 1.165) is 19.3 Å². The van der Waals surface area contributed by atoms with E-state index in [2.05, 4.69) is 25.7 Å². The average Bonchev–Trinajstić information content (AvgIpc) is 2.86. The number of carboxylic acids is 1. The summed E-state index contributed by atoms with van der Waals surface area (Å²) in [6.45, 7) is 5.94. The number of allylic oxidation sites excluding steroid dienone is 2. The first kappa shape index (κ1) is 34.4. The van der Waals surface area contributed by atoms with E-state index in [0.29, 0.717) is 6.42 Å². The number of carbonyl (C=O) groups is 2. The summed E-state index contributed by atoms with van der Waals surface area (Å²) in [7, 11) is 0. The van der Waals surface area contributed by atoms with Gasteiger partial charge in [0.05, 0.1) is 12.3 Å². The van der Waals surface area contributed by atoms with Gasteiger partial charge in [-0.15, -0.1) is 0 Å². The van der Waals surface area contributed by atoms with Gasteiger partial charge in [0.2, 0.25) is 0 Å². The maximum absolute atomic E-state index is 12.0. The molecular weight excluding hydrogens is 448 g/mol. The summed E-state index contributed by atoms with van der Waals surface area (Å²) >= 11 is 0. The third-order valence-electron chi connectivity index (χ3n) is 6.91. The summed E-state index contributed by atoms with van der Waals surface area (Å²) in [5, 5.41) is 9.01. The molecule has 0 aromatic heterocycles. The largest absolute Gasteiger partial charge is 0.481 e. The van der Waals surface area contributed by atoms with Crippen molar-refractivity contribution in [3.8, 4) is 0 Å². The summed E-state index contributed by atoms with van der Waals surface area (Å²) in [6, 6.07) is 0. The van der Waals surface area contributed by atoms with Crippen molar-refractivity contribution in [2.75, 3.05) is 6.61 Å². The second kappa shape index (κ2) is 28.0. The van der Waals surface area contributed by atoms with Crippen LogP contribution in [0.5, 0.6) is 0 Å². The molecule has 4 nitrogen and oxygen atoms in total. The van der Waals surface area contributed by atoms with E-state index in [1.807, 2.05) is 0 Å². The van der Waals surface area contributed by atoms with Crippen molar-refractivity contribution in [2.45, 2.75) is 155 Å². The van der Waals surface area contributed by atoms with E-state index in [-0.39, 0.29) is 13.0 Å². The molecule has 0 aliphatic heterocycles. The van der Waals surface area contributed by atoms with Crippen LogP contribution in [0.25, 0.3) is 0 Å². The molecule has 0 spiro atoms. The van der Waals surface area contributed by atoms with Crippen LogP contribution in [0.15, 0.2) is 24.8 Å². The Hall–Kier alpha value is -1.58. The molecule has 0 heterocycles. The first-order valence-corrected chi connectivity index (χ1v) is 15.3. The van der Waals surface area contributed by atoms with E-state index in [4.69, 9.17) is 9.84 Å². The molecule has 0 amide bonds. The Kier molecular flexibility index (Phi) is 26.8. The summed E-state index contributed by atoms with van der Waals surface area (Å²) in [4.78, 5) is 22.9. The van der Waals surface area contributed by atoms with E-state index in [9.17, 15) is 9.59 Å². The van der Waals surface area contributed by atoms with Gasteiger partial charge in [-0.25, -0.2) is 0 Å². The van der Waals surface area contributed by atoms with E-state index < -0.39 is 17.9 Å². The lowest BCUT2D eigenvalue weighted by molar-refractivity contribution is -0.152. The highest BCUT2D eigenvalue weighted by atomic mass is 16.5. The molecule has 4 heteroatoms. The maximum Gasteiger partial charge on any atom is 0.309 e. The number of unbranched alkanes of at least 4 members (excludes halogenated alkanes) is 19. The number of aliphatic carboxylic acids is 1. The normalized spacial score (nSPS) is 12.1. The molecule has 0 aromatic carbocycles. The second-order valence-corrected chi connectivity index (χ2v) is 10.4. The molecule has 210 valence electrons. The van der Waals surface area contributed by atoms with Crippen molar-refractivity contribution < 1.29 is 19.4 Å². The fraction of sp³-hybridized carbons (Fsp3) is 0.812. The minimum atomic E-state index is -0.947. The zero-order valence-corrected chi connectivity index (χ0v) is 23.7. The number of esters is 1. The van der Waals surface area contributed by atoms with Crippen molar-refractivity contribution in [1.29, 1.82) is 0 Å². The molecule has 0 saturated carbocycles. The highest BCUT2D eigenvalue weighted by molar-refractivity contribution is 5.79. The van der Waals surface area contributed by atoms with Crippen molar-refractivity contribution in [3.05, 3.63) is 24.8 Å². The fourth-order valence-corrected chi connectivity index (χ4v) is 4.65. The van der Waals surface area contributed by atoms with E-state index >= 15 is 0 Å². The number of carbonyl (C=O) groups excluding carboxylic acids is 1. The fourth-order valence-electron chi connectivity index (χ4n) is 4.65. The lowest BCUT2D eigenvalue weighted by Gasteiger charge is -2.13. The molecule has 1 N–H and O–H groups in total. The Morgan fingerprint density at radius 1 is 0.694 bits per heavy atom. The Morgan fingerprint density at radius 3 is 1.53 bits per heavy atom.